The molecule has 0 saturated carbocycles. The minimum absolute atomic E-state index is 0.0703. The molecule has 8 aromatic rings. The molecular formula is C36H19BN2O2. The Morgan fingerprint density at radius 1 is 0.439 bits per heavy atom. The van der Waals surface area contributed by atoms with Crippen molar-refractivity contribution < 1.29 is 9.47 Å². The first-order valence-corrected chi connectivity index (χ1v) is 14.1. The van der Waals surface area contributed by atoms with Crippen molar-refractivity contribution in [1.82, 2.24) is 9.13 Å². The molecule has 2 aromatic heterocycles. The lowest BCUT2D eigenvalue weighted by atomic mass is 9.33. The molecule has 11 rings (SSSR count). The van der Waals surface area contributed by atoms with Gasteiger partial charge in [0.2, 0.25) is 0 Å². The maximum absolute atomic E-state index is 6.60. The molecule has 41 heavy (non-hydrogen) atoms. The zero-order valence-electron chi connectivity index (χ0n) is 21.8. The predicted octanol–water partition coefficient (Wildman–Crippen LogP) is 6.92. The predicted molar refractivity (Wildman–Crippen MR) is 166 cm³/mol. The number of fused-ring (bicyclic) bond motifs is 8. The molecule has 0 amide bonds. The van der Waals surface area contributed by atoms with Crippen LogP contribution in [0, 0.1) is 0 Å². The number of benzene rings is 6. The van der Waals surface area contributed by atoms with Gasteiger partial charge in [-0.2, -0.15) is 0 Å². The van der Waals surface area contributed by atoms with Crippen LogP contribution in [-0.2, 0) is 0 Å². The van der Waals surface area contributed by atoms with Gasteiger partial charge >= 0.3 is 0 Å². The Morgan fingerprint density at radius 3 is 2.00 bits per heavy atom. The van der Waals surface area contributed by atoms with Crippen molar-refractivity contribution in [3.8, 4) is 34.4 Å². The van der Waals surface area contributed by atoms with Gasteiger partial charge in [0.05, 0.1) is 22.1 Å². The number of aromatic nitrogens is 2. The first-order valence-electron chi connectivity index (χ1n) is 14.1. The Balaban J connectivity index is 1.40. The Morgan fingerprint density at radius 2 is 1.15 bits per heavy atom. The summed E-state index contributed by atoms with van der Waals surface area (Å²) in [4.78, 5) is 0. The van der Waals surface area contributed by atoms with Gasteiger partial charge in [-0.15, -0.1) is 0 Å². The van der Waals surface area contributed by atoms with E-state index in [1.165, 1.54) is 60.2 Å². The van der Waals surface area contributed by atoms with Gasteiger partial charge in [0.25, 0.3) is 6.71 Å². The van der Waals surface area contributed by atoms with Crippen molar-refractivity contribution in [1.29, 1.82) is 0 Å². The van der Waals surface area contributed by atoms with Crippen molar-refractivity contribution in [2.45, 2.75) is 0 Å². The van der Waals surface area contributed by atoms with E-state index < -0.39 is 0 Å². The van der Waals surface area contributed by atoms with Crippen LogP contribution < -0.4 is 25.9 Å². The van der Waals surface area contributed by atoms with Crippen LogP contribution in [0.5, 0.6) is 23.0 Å². The molecule has 5 heterocycles. The molecule has 6 aromatic carbocycles. The topological polar surface area (TPSA) is 28.3 Å². The highest BCUT2D eigenvalue weighted by Gasteiger charge is 2.46. The van der Waals surface area contributed by atoms with Gasteiger partial charge in [0, 0.05) is 38.4 Å². The zero-order chi connectivity index (χ0) is 26.4. The summed E-state index contributed by atoms with van der Waals surface area (Å²) < 4.78 is 18.0. The van der Waals surface area contributed by atoms with Crippen LogP contribution in [0.2, 0.25) is 0 Å². The molecule has 0 atom stereocenters. The normalized spacial score (nSPS) is 13.7. The highest BCUT2D eigenvalue weighted by atomic mass is 16.5. The molecule has 3 aliphatic heterocycles. The molecule has 5 heteroatoms. The molecule has 3 aliphatic rings. The summed E-state index contributed by atoms with van der Waals surface area (Å²) in [7, 11) is 0. The lowest BCUT2D eigenvalue weighted by Crippen LogP contribution is -2.60. The second-order valence-corrected chi connectivity index (χ2v) is 11.2. The summed E-state index contributed by atoms with van der Waals surface area (Å²) in [6.07, 6.45) is 0. The van der Waals surface area contributed by atoms with E-state index in [9.17, 15) is 0 Å². The van der Waals surface area contributed by atoms with E-state index in [1.54, 1.807) is 0 Å². The Hall–Kier alpha value is -5.42. The molecule has 0 fully saturated rings. The van der Waals surface area contributed by atoms with Gasteiger partial charge in [-0.3, -0.25) is 0 Å². The van der Waals surface area contributed by atoms with Crippen molar-refractivity contribution >= 4 is 66.7 Å². The van der Waals surface area contributed by atoms with Gasteiger partial charge in [0.15, 0.2) is 0 Å². The molecular weight excluding hydrogens is 503 g/mol. The van der Waals surface area contributed by atoms with E-state index in [0.29, 0.717) is 0 Å². The monoisotopic (exact) mass is 522 g/mol. The highest BCUT2D eigenvalue weighted by molar-refractivity contribution is 7.00. The molecule has 0 saturated heterocycles. The molecule has 4 nitrogen and oxygen atoms in total. The van der Waals surface area contributed by atoms with Crippen molar-refractivity contribution in [3.05, 3.63) is 115 Å². The number of para-hydroxylation sites is 2. The Bertz CT molecular complexity index is 2470. The van der Waals surface area contributed by atoms with E-state index in [0.717, 1.165) is 34.1 Å². The van der Waals surface area contributed by atoms with Gasteiger partial charge < -0.3 is 18.6 Å². The van der Waals surface area contributed by atoms with Crippen LogP contribution >= 0.6 is 0 Å². The molecule has 0 spiro atoms. The van der Waals surface area contributed by atoms with E-state index in [2.05, 4.69) is 118 Å². The molecule has 0 bridgehead atoms. The minimum Gasteiger partial charge on any atom is -0.458 e. The summed E-state index contributed by atoms with van der Waals surface area (Å²) in [6, 6.07) is 41.1. The quantitative estimate of drug-likeness (QED) is 0.219. The summed E-state index contributed by atoms with van der Waals surface area (Å²) in [6.45, 7) is 0.0703. The van der Waals surface area contributed by atoms with Crippen LogP contribution in [0.3, 0.4) is 0 Å². The van der Waals surface area contributed by atoms with E-state index in [1.807, 2.05) is 6.07 Å². The second-order valence-electron chi connectivity index (χ2n) is 11.2. The molecule has 188 valence electrons. The van der Waals surface area contributed by atoms with Crippen molar-refractivity contribution in [2.24, 2.45) is 0 Å². The number of hydrogen-bond donors (Lipinski definition) is 0. The van der Waals surface area contributed by atoms with Crippen molar-refractivity contribution in [2.75, 3.05) is 0 Å². The standard InChI is InChI=1S/C36H19BN2O2/c1-2-8-20(9-3-1)38-24-11-5-4-10-21(24)22-16-18-25-31(35(22)38)23-17-19-30-34-36(23)39(25)26-12-6-13-27-32(26)37(34)33-28(40-27)14-7-15-29(33)41-30/h1-19H. The SMILES string of the molecule is c1ccc(-n2c3ccccc3c3ccc4c(c5ccc6c7c5n4-c4cccc5c4B7c4c(cccc4O6)O5)c32)cc1. The third-order valence-electron chi connectivity index (χ3n) is 9.36. The van der Waals surface area contributed by atoms with Gasteiger partial charge in [-0.05, 0) is 71.6 Å². The highest BCUT2D eigenvalue weighted by Crippen LogP contribution is 2.46. The van der Waals surface area contributed by atoms with Crippen LogP contribution in [0.25, 0.3) is 55.0 Å². The van der Waals surface area contributed by atoms with Gasteiger partial charge in [-0.25, -0.2) is 0 Å². The maximum Gasteiger partial charge on any atom is 0.266 e. The maximum atomic E-state index is 6.60. The number of nitrogens with zero attached hydrogens (tertiary/aromatic N) is 2. The number of rotatable bonds is 1. The Kier molecular flexibility index (Phi) is 3.41. The molecule has 0 radical (unpaired) electrons. The smallest absolute Gasteiger partial charge is 0.266 e. The van der Waals surface area contributed by atoms with Gasteiger partial charge in [-0.1, -0.05) is 54.6 Å². The third-order valence-corrected chi connectivity index (χ3v) is 9.36. The fourth-order valence-corrected chi connectivity index (χ4v) is 7.88. The third kappa shape index (κ3) is 2.26. The summed E-state index contributed by atoms with van der Waals surface area (Å²) in [5.41, 5.74) is 10.8. The molecule has 0 unspecified atom stereocenters. The zero-order valence-corrected chi connectivity index (χ0v) is 21.8. The van der Waals surface area contributed by atoms with Crippen LogP contribution in [0.4, 0.5) is 0 Å². The average molecular weight is 522 g/mol. The number of hydrogen-bond acceptors (Lipinski definition) is 2. The largest absolute Gasteiger partial charge is 0.458 e. The van der Waals surface area contributed by atoms with E-state index in [-0.39, 0.29) is 6.71 Å². The Labute approximate surface area is 234 Å². The first-order chi connectivity index (χ1) is 20.4. The fourth-order valence-electron chi connectivity index (χ4n) is 7.88. The molecule has 0 N–H and O–H groups in total. The number of ether oxygens (including phenoxy) is 2. The van der Waals surface area contributed by atoms with Crippen LogP contribution in [-0.4, -0.2) is 15.8 Å². The van der Waals surface area contributed by atoms with Crippen LogP contribution in [0.15, 0.2) is 115 Å². The summed E-state index contributed by atoms with van der Waals surface area (Å²) >= 11 is 0. The first kappa shape index (κ1) is 20.5. The minimum atomic E-state index is 0.0703. The lowest BCUT2D eigenvalue weighted by molar-refractivity contribution is 0.464. The fraction of sp³-hybridized carbons (Fsp3) is 0. The van der Waals surface area contributed by atoms with Crippen LogP contribution in [0.1, 0.15) is 0 Å². The van der Waals surface area contributed by atoms with E-state index >= 15 is 0 Å². The summed E-state index contributed by atoms with van der Waals surface area (Å²) in [5.74, 6) is 3.62. The van der Waals surface area contributed by atoms with Gasteiger partial charge in [0.1, 0.15) is 23.0 Å². The summed E-state index contributed by atoms with van der Waals surface area (Å²) in [5, 5.41) is 5.03. The second kappa shape index (κ2) is 6.83. The lowest BCUT2D eigenvalue weighted by Gasteiger charge is -2.37. The molecule has 0 aliphatic carbocycles. The average Bonchev–Trinajstić information content (AvgIpc) is 3.54. The van der Waals surface area contributed by atoms with E-state index in [4.69, 9.17) is 9.47 Å². The van der Waals surface area contributed by atoms with Crippen molar-refractivity contribution in [3.63, 3.8) is 0 Å².